The van der Waals surface area contributed by atoms with E-state index in [0.29, 0.717) is 5.92 Å². The maximum absolute atomic E-state index is 12.8. The fourth-order valence-corrected chi connectivity index (χ4v) is 4.63. The summed E-state index contributed by atoms with van der Waals surface area (Å²) in [7, 11) is 1.72. The van der Waals surface area contributed by atoms with Gasteiger partial charge in [-0.2, -0.15) is 0 Å². The first-order valence-electron chi connectivity index (χ1n) is 8.70. The second kappa shape index (κ2) is 5.22. The summed E-state index contributed by atoms with van der Waals surface area (Å²) in [6.07, 6.45) is 5.38. The number of fused-ring (bicyclic) bond motifs is 3. The van der Waals surface area contributed by atoms with Gasteiger partial charge in [0.2, 0.25) is 0 Å². The number of carbonyl (C=O) groups excluding carboxylic acids is 1. The number of benzene rings is 1. The fraction of sp³-hybridized carbons (Fsp3) is 0.571. The second-order valence-electron chi connectivity index (χ2n) is 8.29. The van der Waals surface area contributed by atoms with E-state index in [0.717, 1.165) is 35.3 Å². The third kappa shape index (κ3) is 2.34. The molecule has 1 aromatic rings. The Balaban J connectivity index is 2.26. The van der Waals surface area contributed by atoms with Crippen LogP contribution in [0.1, 0.15) is 81.3 Å². The van der Waals surface area contributed by atoms with Crippen molar-refractivity contribution in [2.75, 3.05) is 7.11 Å². The Kier molecular flexibility index (Phi) is 3.70. The van der Waals surface area contributed by atoms with Crippen molar-refractivity contribution >= 4 is 5.78 Å². The molecule has 2 aliphatic carbocycles. The number of methoxy groups -OCH3 is 1. The van der Waals surface area contributed by atoms with Crippen molar-refractivity contribution < 1.29 is 9.53 Å². The molecule has 1 atom stereocenters. The molecule has 0 heterocycles. The van der Waals surface area contributed by atoms with Crippen LogP contribution in [-0.2, 0) is 5.41 Å². The minimum atomic E-state index is -0.0478. The van der Waals surface area contributed by atoms with Crippen LogP contribution in [0.25, 0.3) is 0 Å². The maximum Gasteiger partial charge on any atom is 0.186 e. The summed E-state index contributed by atoms with van der Waals surface area (Å²) < 4.78 is 5.65. The highest BCUT2D eigenvalue weighted by Crippen LogP contribution is 2.55. The van der Waals surface area contributed by atoms with E-state index in [1.54, 1.807) is 7.11 Å². The van der Waals surface area contributed by atoms with Gasteiger partial charge in [0.25, 0.3) is 0 Å². The summed E-state index contributed by atoms with van der Waals surface area (Å²) in [6.45, 7) is 11.1. The smallest absolute Gasteiger partial charge is 0.186 e. The van der Waals surface area contributed by atoms with Crippen LogP contribution in [0.5, 0.6) is 5.75 Å². The van der Waals surface area contributed by atoms with Crippen LogP contribution < -0.4 is 4.74 Å². The van der Waals surface area contributed by atoms with Crippen LogP contribution >= 0.6 is 0 Å². The van der Waals surface area contributed by atoms with Gasteiger partial charge in [0.05, 0.1) is 7.11 Å². The predicted molar refractivity (Wildman–Crippen MR) is 94.5 cm³/mol. The lowest BCUT2D eigenvalue weighted by Gasteiger charge is -2.48. The van der Waals surface area contributed by atoms with E-state index in [1.807, 2.05) is 6.08 Å². The molecule has 0 radical (unpaired) electrons. The average molecular weight is 312 g/mol. The molecule has 0 aliphatic heterocycles. The first kappa shape index (κ1) is 16.3. The summed E-state index contributed by atoms with van der Waals surface area (Å²) in [6, 6.07) is 4.21. The lowest BCUT2D eigenvalue weighted by atomic mass is 9.55. The molecule has 0 saturated heterocycles. The summed E-state index contributed by atoms with van der Waals surface area (Å²) in [5.74, 6) is 1.41. The molecule has 0 amide bonds. The Labute approximate surface area is 139 Å². The molecule has 2 aliphatic rings. The zero-order chi connectivity index (χ0) is 17.0. The second-order valence-corrected chi connectivity index (χ2v) is 8.29. The van der Waals surface area contributed by atoms with Crippen molar-refractivity contribution in [2.45, 2.75) is 65.2 Å². The van der Waals surface area contributed by atoms with Gasteiger partial charge in [0.1, 0.15) is 5.75 Å². The lowest BCUT2D eigenvalue weighted by Crippen LogP contribution is -2.41. The number of ketones is 1. The SMILES string of the molecule is COc1cc2c(cc1C(C)C)C(=O)C=C1C(C)(C)CCCC12C. The molecule has 1 aromatic carbocycles. The monoisotopic (exact) mass is 312 g/mol. The Bertz CT molecular complexity index is 694. The van der Waals surface area contributed by atoms with E-state index in [9.17, 15) is 4.79 Å². The molecule has 23 heavy (non-hydrogen) atoms. The zero-order valence-corrected chi connectivity index (χ0v) is 15.2. The highest BCUT2D eigenvalue weighted by Gasteiger charge is 2.47. The van der Waals surface area contributed by atoms with Crippen molar-refractivity contribution in [1.82, 2.24) is 0 Å². The van der Waals surface area contributed by atoms with Gasteiger partial charge in [-0.15, -0.1) is 0 Å². The van der Waals surface area contributed by atoms with Crippen molar-refractivity contribution in [1.29, 1.82) is 0 Å². The molecule has 2 heteroatoms. The number of ether oxygens (including phenoxy) is 1. The minimum Gasteiger partial charge on any atom is -0.496 e. The molecule has 1 saturated carbocycles. The fourth-order valence-electron chi connectivity index (χ4n) is 4.63. The summed E-state index contributed by atoms with van der Waals surface area (Å²) in [5, 5.41) is 0. The van der Waals surface area contributed by atoms with Gasteiger partial charge in [-0.3, -0.25) is 4.79 Å². The number of allylic oxidation sites excluding steroid dienone is 2. The first-order valence-corrected chi connectivity index (χ1v) is 8.70. The van der Waals surface area contributed by atoms with Crippen molar-refractivity contribution in [2.24, 2.45) is 5.41 Å². The van der Waals surface area contributed by atoms with E-state index < -0.39 is 0 Å². The molecule has 0 bridgehead atoms. The highest BCUT2D eigenvalue weighted by atomic mass is 16.5. The van der Waals surface area contributed by atoms with E-state index in [-0.39, 0.29) is 16.6 Å². The molecular weight excluding hydrogens is 284 g/mol. The lowest BCUT2D eigenvalue weighted by molar-refractivity contribution is 0.102. The molecule has 0 spiro atoms. The number of carbonyl (C=O) groups is 1. The Morgan fingerprint density at radius 1 is 1.13 bits per heavy atom. The zero-order valence-electron chi connectivity index (χ0n) is 15.2. The normalized spacial score (nSPS) is 25.7. The van der Waals surface area contributed by atoms with E-state index in [2.05, 4.69) is 46.8 Å². The first-order chi connectivity index (χ1) is 10.7. The van der Waals surface area contributed by atoms with E-state index in [1.165, 1.54) is 12.0 Å². The molecule has 0 aromatic heterocycles. The van der Waals surface area contributed by atoms with E-state index >= 15 is 0 Å². The molecular formula is C21H28O2. The van der Waals surface area contributed by atoms with Crippen molar-refractivity contribution in [3.05, 3.63) is 40.5 Å². The van der Waals surface area contributed by atoms with Crippen LogP contribution in [0.15, 0.2) is 23.8 Å². The van der Waals surface area contributed by atoms with Gasteiger partial charge in [-0.1, -0.05) is 46.6 Å². The highest BCUT2D eigenvalue weighted by molar-refractivity contribution is 6.08. The van der Waals surface area contributed by atoms with Gasteiger partial charge >= 0.3 is 0 Å². The van der Waals surface area contributed by atoms with Gasteiger partial charge in [-0.25, -0.2) is 0 Å². The Morgan fingerprint density at radius 2 is 1.83 bits per heavy atom. The molecule has 1 fully saturated rings. The molecule has 124 valence electrons. The summed E-state index contributed by atoms with van der Waals surface area (Å²) >= 11 is 0. The van der Waals surface area contributed by atoms with Gasteiger partial charge < -0.3 is 4.74 Å². The maximum atomic E-state index is 12.8. The molecule has 0 N–H and O–H groups in total. The standard InChI is InChI=1S/C21H28O2/c1-13(2)14-10-15-16(11-18(14)23-6)21(5)9-7-8-20(3,4)19(21)12-17(15)22/h10-13H,7-9H2,1-6H3. The van der Waals surface area contributed by atoms with Crippen molar-refractivity contribution in [3.8, 4) is 5.75 Å². The van der Waals surface area contributed by atoms with Crippen LogP contribution in [0.3, 0.4) is 0 Å². The average Bonchev–Trinajstić information content (AvgIpc) is 2.48. The van der Waals surface area contributed by atoms with Crippen molar-refractivity contribution in [3.63, 3.8) is 0 Å². The van der Waals surface area contributed by atoms with Crippen LogP contribution in [0, 0.1) is 5.41 Å². The molecule has 1 unspecified atom stereocenters. The topological polar surface area (TPSA) is 26.3 Å². The summed E-state index contributed by atoms with van der Waals surface area (Å²) in [4.78, 5) is 12.8. The third-order valence-electron chi connectivity index (χ3n) is 5.93. The van der Waals surface area contributed by atoms with Gasteiger partial charge in [0.15, 0.2) is 5.78 Å². The molecule has 3 rings (SSSR count). The molecule has 2 nitrogen and oxygen atoms in total. The van der Waals surface area contributed by atoms with Gasteiger partial charge in [-0.05, 0) is 53.5 Å². The van der Waals surface area contributed by atoms with Crippen LogP contribution in [-0.4, -0.2) is 12.9 Å². The van der Waals surface area contributed by atoms with Gasteiger partial charge in [0, 0.05) is 11.0 Å². The number of rotatable bonds is 2. The van der Waals surface area contributed by atoms with Crippen LogP contribution in [0.4, 0.5) is 0 Å². The number of hydrogen-bond donors (Lipinski definition) is 0. The predicted octanol–water partition coefficient (Wildman–Crippen LogP) is 5.41. The Hall–Kier alpha value is -1.57. The largest absolute Gasteiger partial charge is 0.496 e. The quantitative estimate of drug-likeness (QED) is 0.730. The minimum absolute atomic E-state index is 0.0478. The number of hydrogen-bond acceptors (Lipinski definition) is 2. The summed E-state index contributed by atoms with van der Waals surface area (Å²) in [5.41, 5.74) is 4.49. The Morgan fingerprint density at radius 3 is 2.43 bits per heavy atom. The van der Waals surface area contributed by atoms with E-state index in [4.69, 9.17) is 4.74 Å². The third-order valence-corrected chi connectivity index (χ3v) is 5.93. The van der Waals surface area contributed by atoms with Crippen LogP contribution in [0.2, 0.25) is 0 Å².